The van der Waals surface area contributed by atoms with Crippen molar-refractivity contribution in [1.29, 1.82) is 0 Å². The number of amidine groups is 1. The second-order valence-electron chi connectivity index (χ2n) is 3.72. The summed E-state index contributed by atoms with van der Waals surface area (Å²) in [7, 11) is 0. The number of ether oxygens (including phenoxy) is 2. The molecule has 0 aromatic heterocycles. The van der Waals surface area contributed by atoms with Gasteiger partial charge in [-0.05, 0) is 24.1 Å². The van der Waals surface area contributed by atoms with Crippen LogP contribution in [0.3, 0.4) is 0 Å². The molecule has 4 nitrogen and oxygen atoms in total. The molecule has 0 saturated heterocycles. The summed E-state index contributed by atoms with van der Waals surface area (Å²) in [6.45, 7) is 3.33. The van der Waals surface area contributed by atoms with Crippen molar-refractivity contribution in [2.24, 2.45) is 10.7 Å². The summed E-state index contributed by atoms with van der Waals surface area (Å²) in [5, 5.41) is 0. The Morgan fingerprint density at radius 1 is 1.56 bits per heavy atom. The molecule has 0 fully saturated rings. The van der Waals surface area contributed by atoms with Crippen LogP contribution in [0.15, 0.2) is 29.3 Å². The van der Waals surface area contributed by atoms with Gasteiger partial charge in [0.2, 0.25) is 0 Å². The Bertz CT molecular complexity index is 390. The first-order chi connectivity index (χ1) is 7.79. The lowest BCUT2D eigenvalue weighted by molar-refractivity contribution is 0.310. The molecule has 0 radical (unpaired) electrons. The van der Waals surface area contributed by atoms with Gasteiger partial charge >= 0.3 is 0 Å². The Balaban J connectivity index is 2.10. The van der Waals surface area contributed by atoms with Gasteiger partial charge in [-0.25, -0.2) is 4.99 Å². The highest BCUT2D eigenvalue weighted by atomic mass is 16.5. The highest BCUT2D eigenvalue weighted by molar-refractivity contribution is 5.73. The van der Waals surface area contributed by atoms with Gasteiger partial charge in [-0.1, -0.05) is 19.1 Å². The van der Waals surface area contributed by atoms with Gasteiger partial charge in [0.05, 0.1) is 6.61 Å². The van der Waals surface area contributed by atoms with Crippen LogP contribution < -0.4 is 10.5 Å². The van der Waals surface area contributed by atoms with Crippen LogP contribution in [0.2, 0.25) is 0 Å². The zero-order valence-corrected chi connectivity index (χ0v) is 9.35. The molecule has 1 aliphatic rings. The molecule has 86 valence electrons. The van der Waals surface area contributed by atoms with Crippen molar-refractivity contribution < 1.29 is 9.47 Å². The van der Waals surface area contributed by atoms with Crippen LogP contribution in [0.25, 0.3) is 0 Å². The van der Waals surface area contributed by atoms with E-state index < -0.39 is 0 Å². The lowest BCUT2D eigenvalue weighted by atomic mass is 10.1. The summed E-state index contributed by atoms with van der Waals surface area (Å²) in [5.74, 6) is 0.875. The quantitative estimate of drug-likeness (QED) is 0.842. The fraction of sp³-hybridized carbons (Fsp3) is 0.417. The summed E-state index contributed by atoms with van der Waals surface area (Å²) >= 11 is 0. The summed E-state index contributed by atoms with van der Waals surface area (Å²) in [4.78, 5) is 4.20. The Kier molecular flexibility index (Phi) is 3.29. The molecule has 16 heavy (non-hydrogen) atoms. The smallest absolute Gasteiger partial charge is 0.282 e. The zero-order valence-electron chi connectivity index (χ0n) is 9.35. The third-order valence-electron chi connectivity index (χ3n) is 2.39. The van der Waals surface area contributed by atoms with Crippen LogP contribution in [-0.2, 0) is 4.74 Å². The molecule has 0 aliphatic carbocycles. The van der Waals surface area contributed by atoms with Crippen LogP contribution in [0.1, 0.15) is 24.9 Å². The molecular weight excluding hydrogens is 204 g/mol. The van der Waals surface area contributed by atoms with Crippen molar-refractivity contribution in [1.82, 2.24) is 0 Å². The number of hydrogen-bond acceptors (Lipinski definition) is 4. The van der Waals surface area contributed by atoms with Gasteiger partial charge in [-0.2, -0.15) is 0 Å². The normalized spacial score (nSPS) is 19.1. The molecular formula is C12H16N2O2. The molecule has 1 atom stereocenters. The van der Waals surface area contributed by atoms with Crippen molar-refractivity contribution in [2.45, 2.75) is 19.4 Å². The summed E-state index contributed by atoms with van der Waals surface area (Å²) in [5.41, 5.74) is 6.56. The van der Waals surface area contributed by atoms with Gasteiger partial charge in [0, 0.05) is 0 Å². The maximum Gasteiger partial charge on any atom is 0.282 e. The maximum atomic E-state index is 5.56. The first kappa shape index (κ1) is 10.8. The lowest BCUT2D eigenvalue weighted by Crippen LogP contribution is -2.10. The van der Waals surface area contributed by atoms with Gasteiger partial charge in [0.25, 0.3) is 6.02 Å². The number of hydrogen-bond donors (Lipinski definition) is 1. The van der Waals surface area contributed by atoms with Crippen molar-refractivity contribution >= 4 is 6.02 Å². The van der Waals surface area contributed by atoms with Gasteiger partial charge in [-0.3, -0.25) is 0 Å². The molecule has 1 aromatic carbocycles. The van der Waals surface area contributed by atoms with E-state index in [2.05, 4.69) is 11.9 Å². The van der Waals surface area contributed by atoms with E-state index in [0.29, 0.717) is 6.61 Å². The summed E-state index contributed by atoms with van der Waals surface area (Å²) < 4.78 is 10.7. The minimum atomic E-state index is 0.00479. The highest BCUT2D eigenvalue weighted by Gasteiger charge is 2.18. The van der Waals surface area contributed by atoms with Crippen molar-refractivity contribution in [3.63, 3.8) is 0 Å². The predicted molar refractivity (Wildman–Crippen MR) is 62.5 cm³/mol. The van der Waals surface area contributed by atoms with Gasteiger partial charge in [0.15, 0.2) is 0 Å². The van der Waals surface area contributed by atoms with Crippen molar-refractivity contribution in [3.05, 3.63) is 29.8 Å². The number of rotatable bonds is 4. The predicted octanol–water partition coefficient (Wildman–Crippen LogP) is 1.86. The standard InChI is InChI=1S/C12H16N2O2/c1-2-6-15-10-5-3-4-9(7-10)11-8-16-12(13)14-11/h3-5,7,11H,2,6,8H2,1H3,(H2,13,14). The van der Waals surface area contributed by atoms with E-state index in [1.54, 1.807) is 0 Å². The van der Waals surface area contributed by atoms with Crippen LogP contribution in [0, 0.1) is 0 Å². The van der Waals surface area contributed by atoms with Crippen LogP contribution in [-0.4, -0.2) is 19.2 Å². The second-order valence-corrected chi connectivity index (χ2v) is 3.72. The van der Waals surface area contributed by atoms with E-state index in [0.717, 1.165) is 24.3 Å². The fourth-order valence-corrected chi connectivity index (χ4v) is 1.59. The molecule has 1 heterocycles. The Labute approximate surface area is 95.1 Å². The molecule has 4 heteroatoms. The molecule has 0 spiro atoms. The second kappa shape index (κ2) is 4.88. The fourth-order valence-electron chi connectivity index (χ4n) is 1.59. The van der Waals surface area contributed by atoms with Crippen LogP contribution in [0.5, 0.6) is 5.75 Å². The van der Waals surface area contributed by atoms with E-state index in [4.69, 9.17) is 15.2 Å². The maximum absolute atomic E-state index is 5.56. The number of nitrogens with zero attached hydrogens (tertiary/aromatic N) is 1. The van der Waals surface area contributed by atoms with Gasteiger partial charge < -0.3 is 15.2 Å². The Morgan fingerprint density at radius 2 is 2.44 bits per heavy atom. The Morgan fingerprint density at radius 3 is 3.12 bits per heavy atom. The van der Waals surface area contributed by atoms with E-state index in [-0.39, 0.29) is 12.1 Å². The van der Waals surface area contributed by atoms with Crippen molar-refractivity contribution in [3.8, 4) is 5.75 Å². The largest absolute Gasteiger partial charge is 0.494 e. The topological polar surface area (TPSA) is 56.8 Å². The van der Waals surface area contributed by atoms with Crippen molar-refractivity contribution in [2.75, 3.05) is 13.2 Å². The highest BCUT2D eigenvalue weighted by Crippen LogP contribution is 2.25. The zero-order chi connectivity index (χ0) is 11.4. The third-order valence-corrected chi connectivity index (χ3v) is 2.39. The number of benzene rings is 1. The van der Waals surface area contributed by atoms with Crippen LogP contribution >= 0.6 is 0 Å². The van der Waals surface area contributed by atoms with Gasteiger partial charge in [-0.15, -0.1) is 0 Å². The number of aliphatic imine (C=N–C) groups is 1. The summed E-state index contributed by atoms with van der Waals surface area (Å²) in [6, 6.07) is 8.18. The average Bonchev–Trinajstić information content (AvgIpc) is 2.74. The molecule has 2 rings (SSSR count). The Hall–Kier alpha value is -1.71. The molecule has 2 N–H and O–H groups in total. The molecule has 1 unspecified atom stereocenters. The molecule has 1 aliphatic heterocycles. The minimum Gasteiger partial charge on any atom is -0.494 e. The molecule has 0 bridgehead atoms. The van der Waals surface area contributed by atoms with E-state index in [1.807, 2.05) is 24.3 Å². The van der Waals surface area contributed by atoms with Crippen LogP contribution in [0.4, 0.5) is 0 Å². The third kappa shape index (κ3) is 2.45. The van der Waals surface area contributed by atoms with Gasteiger partial charge in [0.1, 0.15) is 18.4 Å². The first-order valence-electron chi connectivity index (χ1n) is 5.48. The number of nitrogens with two attached hydrogens (primary N) is 1. The monoisotopic (exact) mass is 220 g/mol. The molecule has 0 saturated carbocycles. The average molecular weight is 220 g/mol. The van der Waals surface area contributed by atoms with E-state index in [9.17, 15) is 0 Å². The van der Waals surface area contributed by atoms with E-state index >= 15 is 0 Å². The molecule has 0 amide bonds. The molecule has 1 aromatic rings. The lowest BCUT2D eigenvalue weighted by Gasteiger charge is -2.09. The SMILES string of the molecule is CCCOc1cccc(C2COC(N)=N2)c1. The van der Waals surface area contributed by atoms with E-state index in [1.165, 1.54) is 0 Å². The minimum absolute atomic E-state index is 0.00479. The summed E-state index contributed by atoms with van der Waals surface area (Å²) in [6.07, 6.45) is 1.00. The first-order valence-corrected chi connectivity index (χ1v) is 5.48.